The molecule has 2 aliphatic rings. The van der Waals surface area contributed by atoms with E-state index in [1.165, 1.54) is 0 Å². The van der Waals surface area contributed by atoms with E-state index in [4.69, 9.17) is 9.15 Å². The highest BCUT2D eigenvalue weighted by Gasteiger charge is 2.43. The smallest absolute Gasteiger partial charge is 0.143 e. The summed E-state index contributed by atoms with van der Waals surface area (Å²) in [6, 6.07) is 1.85. The predicted molar refractivity (Wildman–Crippen MR) is 53.4 cm³/mol. The van der Waals surface area contributed by atoms with Gasteiger partial charge < -0.3 is 9.15 Å². The van der Waals surface area contributed by atoms with E-state index in [0.717, 1.165) is 24.8 Å². The number of fused-ring (bicyclic) bond motifs is 2. The predicted octanol–water partition coefficient (Wildman–Crippen LogP) is 1.96. The maximum Gasteiger partial charge on any atom is 0.143 e. The molecule has 3 rings (SSSR count). The summed E-state index contributed by atoms with van der Waals surface area (Å²) in [5.74, 6) is 0.447. The molecule has 1 aromatic rings. The van der Waals surface area contributed by atoms with Crippen LogP contribution in [0.25, 0.3) is 0 Å². The van der Waals surface area contributed by atoms with Gasteiger partial charge in [0.05, 0.1) is 24.7 Å². The first kappa shape index (κ1) is 9.16. The summed E-state index contributed by atoms with van der Waals surface area (Å²) in [4.78, 5) is 12.0. The lowest BCUT2D eigenvalue weighted by Gasteiger charge is -2.16. The van der Waals surface area contributed by atoms with Crippen molar-refractivity contribution in [2.45, 2.75) is 37.9 Å². The third kappa shape index (κ3) is 1.61. The monoisotopic (exact) mass is 206 g/mol. The molecule has 2 saturated heterocycles. The average Bonchev–Trinajstić information content (AvgIpc) is 2.93. The molecule has 3 unspecified atom stereocenters. The van der Waals surface area contributed by atoms with Crippen LogP contribution >= 0.6 is 0 Å². The number of carbonyl (C=O) groups excluding carboxylic acids is 1. The lowest BCUT2D eigenvalue weighted by atomic mass is 9.84. The van der Waals surface area contributed by atoms with Crippen LogP contribution in [0, 0.1) is 5.92 Å². The third-order valence-corrected chi connectivity index (χ3v) is 3.48. The average molecular weight is 206 g/mol. The number of hydrogen-bond acceptors (Lipinski definition) is 3. The van der Waals surface area contributed by atoms with Gasteiger partial charge in [0, 0.05) is 12.3 Å². The van der Waals surface area contributed by atoms with Gasteiger partial charge in [0.15, 0.2) is 0 Å². The topological polar surface area (TPSA) is 39.4 Å². The Morgan fingerprint density at radius 2 is 2.40 bits per heavy atom. The molecule has 3 atom stereocenters. The number of rotatable bonds is 3. The van der Waals surface area contributed by atoms with E-state index < -0.39 is 0 Å². The van der Waals surface area contributed by atoms with Crippen molar-refractivity contribution < 1.29 is 13.9 Å². The number of hydrogen-bond donors (Lipinski definition) is 0. The van der Waals surface area contributed by atoms with E-state index in [-0.39, 0.29) is 12.0 Å². The molecule has 15 heavy (non-hydrogen) atoms. The van der Waals surface area contributed by atoms with Crippen LogP contribution < -0.4 is 0 Å². The minimum atomic E-state index is 0.138. The molecule has 0 aromatic carbocycles. The van der Waals surface area contributed by atoms with E-state index in [1.54, 1.807) is 12.5 Å². The van der Waals surface area contributed by atoms with Crippen molar-refractivity contribution in [2.24, 2.45) is 5.92 Å². The van der Waals surface area contributed by atoms with Crippen LogP contribution in [0.3, 0.4) is 0 Å². The molecule has 0 radical (unpaired) electrons. The van der Waals surface area contributed by atoms with Crippen LogP contribution in [0.5, 0.6) is 0 Å². The summed E-state index contributed by atoms with van der Waals surface area (Å²) < 4.78 is 10.6. The Labute approximate surface area is 88.4 Å². The van der Waals surface area contributed by atoms with Gasteiger partial charge in [-0.15, -0.1) is 0 Å². The zero-order chi connectivity index (χ0) is 10.3. The van der Waals surface area contributed by atoms with Crippen LogP contribution in [0.2, 0.25) is 0 Å². The summed E-state index contributed by atoms with van der Waals surface area (Å²) >= 11 is 0. The Balaban J connectivity index is 1.66. The minimum Gasteiger partial charge on any atom is -0.472 e. The van der Waals surface area contributed by atoms with E-state index >= 15 is 0 Å². The molecule has 2 aliphatic heterocycles. The first-order chi connectivity index (χ1) is 7.33. The molecule has 0 saturated carbocycles. The molecule has 0 spiro atoms. The van der Waals surface area contributed by atoms with Gasteiger partial charge in [-0.3, -0.25) is 4.79 Å². The molecule has 3 heterocycles. The van der Waals surface area contributed by atoms with Crippen molar-refractivity contribution in [3.8, 4) is 0 Å². The summed E-state index contributed by atoms with van der Waals surface area (Å²) in [7, 11) is 0. The largest absolute Gasteiger partial charge is 0.472 e. The lowest BCUT2D eigenvalue weighted by Crippen LogP contribution is -2.26. The molecule has 3 nitrogen and oxygen atoms in total. The second-order valence-corrected chi connectivity index (χ2v) is 4.49. The molecule has 3 heteroatoms. The van der Waals surface area contributed by atoms with Gasteiger partial charge in [-0.1, -0.05) is 0 Å². The van der Waals surface area contributed by atoms with Crippen molar-refractivity contribution >= 4 is 5.78 Å². The van der Waals surface area contributed by atoms with Crippen molar-refractivity contribution in [3.05, 3.63) is 24.2 Å². The maximum atomic E-state index is 12.0. The molecule has 80 valence electrons. The minimum absolute atomic E-state index is 0.138. The number of ether oxygens (including phenoxy) is 1. The SMILES string of the molecule is O=C(Cc1ccoc1)C1CC2CCC1O2. The Morgan fingerprint density at radius 1 is 1.47 bits per heavy atom. The second kappa shape index (κ2) is 3.49. The first-order valence-corrected chi connectivity index (χ1v) is 5.52. The van der Waals surface area contributed by atoms with Crippen molar-refractivity contribution in [1.82, 2.24) is 0 Å². The van der Waals surface area contributed by atoms with Gasteiger partial charge >= 0.3 is 0 Å². The van der Waals surface area contributed by atoms with Crippen LogP contribution in [0.4, 0.5) is 0 Å². The zero-order valence-corrected chi connectivity index (χ0v) is 8.52. The third-order valence-electron chi connectivity index (χ3n) is 3.48. The molecule has 2 fully saturated rings. The van der Waals surface area contributed by atoms with Crippen molar-refractivity contribution in [3.63, 3.8) is 0 Å². The highest BCUT2D eigenvalue weighted by molar-refractivity contribution is 5.84. The fourth-order valence-electron chi connectivity index (χ4n) is 2.70. The Hall–Kier alpha value is -1.09. The molecular formula is C12H14O3. The molecule has 0 N–H and O–H groups in total. The van der Waals surface area contributed by atoms with Crippen molar-refractivity contribution in [1.29, 1.82) is 0 Å². The van der Waals surface area contributed by atoms with E-state index in [2.05, 4.69) is 0 Å². The van der Waals surface area contributed by atoms with Crippen LogP contribution in [-0.4, -0.2) is 18.0 Å². The van der Waals surface area contributed by atoms with E-state index in [0.29, 0.717) is 18.3 Å². The van der Waals surface area contributed by atoms with Gasteiger partial charge in [0.25, 0.3) is 0 Å². The number of carbonyl (C=O) groups is 1. The fourth-order valence-corrected chi connectivity index (χ4v) is 2.70. The lowest BCUT2D eigenvalue weighted by molar-refractivity contribution is -0.123. The van der Waals surface area contributed by atoms with Gasteiger partial charge in [-0.25, -0.2) is 0 Å². The quantitative estimate of drug-likeness (QED) is 0.758. The number of Topliss-reactive ketones (excluding diaryl/α,β-unsaturated/α-hetero) is 1. The van der Waals surface area contributed by atoms with E-state index in [9.17, 15) is 4.79 Å². The normalized spacial score (nSPS) is 33.5. The Bertz CT molecular complexity index is 355. The van der Waals surface area contributed by atoms with E-state index in [1.807, 2.05) is 6.07 Å². The number of furan rings is 1. The zero-order valence-electron chi connectivity index (χ0n) is 8.52. The summed E-state index contributed by atoms with van der Waals surface area (Å²) in [5, 5.41) is 0. The summed E-state index contributed by atoms with van der Waals surface area (Å²) in [6.45, 7) is 0. The first-order valence-electron chi connectivity index (χ1n) is 5.52. The van der Waals surface area contributed by atoms with Crippen LogP contribution in [-0.2, 0) is 16.0 Å². The fraction of sp³-hybridized carbons (Fsp3) is 0.583. The molecule has 2 bridgehead atoms. The van der Waals surface area contributed by atoms with Gasteiger partial charge in [0.1, 0.15) is 5.78 Å². The second-order valence-electron chi connectivity index (χ2n) is 4.49. The highest BCUT2D eigenvalue weighted by Crippen LogP contribution is 2.39. The summed E-state index contributed by atoms with van der Waals surface area (Å²) in [6.07, 6.45) is 7.44. The summed E-state index contributed by atoms with van der Waals surface area (Å²) in [5.41, 5.74) is 0.975. The van der Waals surface area contributed by atoms with Crippen LogP contribution in [0.1, 0.15) is 24.8 Å². The molecular weight excluding hydrogens is 192 g/mol. The maximum absolute atomic E-state index is 12.0. The van der Waals surface area contributed by atoms with Crippen LogP contribution in [0.15, 0.2) is 23.0 Å². The molecule has 1 aromatic heterocycles. The number of ketones is 1. The standard InChI is InChI=1S/C12H14O3/c13-11(5-8-3-4-14-7-8)10-6-9-1-2-12(10)15-9/h3-4,7,9-10,12H,1-2,5-6H2. The molecule has 0 amide bonds. The van der Waals surface area contributed by atoms with Gasteiger partial charge in [-0.05, 0) is 30.9 Å². The highest BCUT2D eigenvalue weighted by atomic mass is 16.5. The molecule has 0 aliphatic carbocycles. The van der Waals surface area contributed by atoms with Gasteiger partial charge in [-0.2, -0.15) is 0 Å². The van der Waals surface area contributed by atoms with Gasteiger partial charge in [0.2, 0.25) is 0 Å². The van der Waals surface area contributed by atoms with Crippen molar-refractivity contribution in [2.75, 3.05) is 0 Å². The Kier molecular flexibility index (Phi) is 2.13. The Morgan fingerprint density at radius 3 is 3.00 bits per heavy atom.